The zero-order valence-corrected chi connectivity index (χ0v) is 13.0. The van der Waals surface area contributed by atoms with E-state index in [9.17, 15) is 14.7 Å². The molecule has 21 heavy (non-hydrogen) atoms. The Morgan fingerprint density at radius 1 is 1.10 bits per heavy atom. The summed E-state index contributed by atoms with van der Waals surface area (Å²) in [6, 6.07) is 0. The molecular formula is C17H26O4. The quantitative estimate of drug-likeness (QED) is 0.636. The number of carbonyl (C=O) groups is 2. The lowest BCUT2D eigenvalue weighted by molar-refractivity contribution is -0.179. The summed E-state index contributed by atoms with van der Waals surface area (Å²) in [5, 5.41) is 9.30. The maximum Gasteiger partial charge on any atom is 0.310 e. The first-order chi connectivity index (χ1) is 9.96. The predicted octanol–water partition coefficient (Wildman–Crippen LogP) is 3.56. The molecule has 4 heteroatoms. The van der Waals surface area contributed by atoms with Gasteiger partial charge >= 0.3 is 11.9 Å². The number of esters is 1. The highest BCUT2D eigenvalue weighted by atomic mass is 16.6. The Balaban J connectivity index is 2.11. The summed E-state index contributed by atoms with van der Waals surface area (Å²) in [6.45, 7) is 4.18. The minimum atomic E-state index is -0.899. The molecule has 0 heterocycles. The molecule has 2 aliphatic rings. The lowest BCUT2D eigenvalue weighted by Gasteiger charge is -2.41. The number of carboxylic acid groups (broad SMARTS) is 1. The molecule has 0 bridgehead atoms. The zero-order chi connectivity index (χ0) is 15.5. The maximum atomic E-state index is 12.6. The summed E-state index contributed by atoms with van der Waals surface area (Å²) in [6.07, 6.45) is 9.80. The standard InChI is InChI=1S/C17H26O4/c1-12(2)17(10-6-3-7-11-17)21-16(20)14-9-5-4-8-13(14)15(18)19/h4-5,12-14H,3,6-11H2,1-2H3,(H,18,19). The highest BCUT2D eigenvalue weighted by Crippen LogP contribution is 2.39. The van der Waals surface area contributed by atoms with E-state index in [4.69, 9.17) is 4.74 Å². The topological polar surface area (TPSA) is 63.6 Å². The Labute approximate surface area is 126 Å². The summed E-state index contributed by atoms with van der Waals surface area (Å²) in [5.41, 5.74) is -0.389. The monoisotopic (exact) mass is 294 g/mol. The van der Waals surface area contributed by atoms with Crippen LogP contribution in [-0.4, -0.2) is 22.6 Å². The van der Waals surface area contributed by atoms with Crippen molar-refractivity contribution in [3.05, 3.63) is 12.2 Å². The van der Waals surface area contributed by atoms with Gasteiger partial charge in [-0.15, -0.1) is 0 Å². The molecule has 0 aliphatic heterocycles. The van der Waals surface area contributed by atoms with Crippen LogP contribution in [0.15, 0.2) is 12.2 Å². The minimum Gasteiger partial charge on any atom is -0.481 e. The number of rotatable bonds is 4. The van der Waals surface area contributed by atoms with Crippen molar-refractivity contribution in [2.45, 2.75) is 64.4 Å². The van der Waals surface area contributed by atoms with Crippen molar-refractivity contribution in [3.63, 3.8) is 0 Å². The van der Waals surface area contributed by atoms with Crippen molar-refractivity contribution in [2.24, 2.45) is 17.8 Å². The maximum absolute atomic E-state index is 12.6. The zero-order valence-electron chi connectivity index (χ0n) is 13.0. The summed E-state index contributed by atoms with van der Waals surface area (Å²) >= 11 is 0. The summed E-state index contributed by atoms with van der Waals surface area (Å²) < 4.78 is 5.92. The SMILES string of the molecule is CC(C)C1(OC(=O)C2CC=CCC2C(=O)O)CCCCC1. The van der Waals surface area contributed by atoms with Crippen LogP contribution in [0.3, 0.4) is 0 Å². The minimum absolute atomic E-state index is 0.268. The van der Waals surface area contributed by atoms with Crippen LogP contribution in [0, 0.1) is 17.8 Å². The lowest BCUT2D eigenvalue weighted by atomic mass is 9.76. The fraction of sp³-hybridized carbons (Fsp3) is 0.765. The van der Waals surface area contributed by atoms with Gasteiger partial charge in [0.2, 0.25) is 0 Å². The molecule has 118 valence electrons. The van der Waals surface area contributed by atoms with Gasteiger partial charge in [-0.1, -0.05) is 32.4 Å². The van der Waals surface area contributed by atoms with E-state index in [2.05, 4.69) is 13.8 Å². The van der Waals surface area contributed by atoms with Gasteiger partial charge in [0, 0.05) is 0 Å². The van der Waals surface area contributed by atoms with Crippen molar-refractivity contribution >= 4 is 11.9 Å². The van der Waals surface area contributed by atoms with E-state index in [0.29, 0.717) is 12.8 Å². The second-order valence-electron chi connectivity index (χ2n) is 6.70. The van der Waals surface area contributed by atoms with Gasteiger partial charge in [0.15, 0.2) is 0 Å². The number of aliphatic carboxylic acids is 1. The van der Waals surface area contributed by atoms with Crippen molar-refractivity contribution in [1.29, 1.82) is 0 Å². The van der Waals surface area contributed by atoms with Gasteiger partial charge in [-0.3, -0.25) is 9.59 Å². The van der Waals surface area contributed by atoms with E-state index in [1.54, 1.807) is 0 Å². The summed E-state index contributed by atoms with van der Waals surface area (Å²) in [5.74, 6) is -2.13. The summed E-state index contributed by atoms with van der Waals surface area (Å²) in [7, 11) is 0. The third-order valence-electron chi connectivity index (χ3n) is 5.11. The fourth-order valence-corrected chi connectivity index (χ4v) is 3.57. The lowest BCUT2D eigenvalue weighted by Crippen LogP contribution is -2.45. The molecule has 1 saturated carbocycles. The van der Waals surface area contributed by atoms with Crippen LogP contribution in [0.1, 0.15) is 58.8 Å². The highest BCUT2D eigenvalue weighted by Gasteiger charge is 2.43. The van der Waals surface area contributed by atoms with E-state index in [1.807, 2.05) is 12.2 Å². The average molecular weight is 294 g/mol. The van der Waals surface area contributed by atoms with Crippen LogP contribution in [0.4, 0.5) is 0 Å². The number of ether oxygens (including phenoxy) is 1. The van der Waals surface area contributed by atoms with E-state index in [0.717, 1.165) is 25.7 Å². The van der Waals surface area contributed by atoms with E-state index < -0.39 is 17.8 Å². The van der Waals surface area contributed by atoms with Gasteiger partial charge in [-0.05, 0) is 44.4 Å². The summed E-state index contributed by atoms with van der Waals surface area (Å²) in [4.78, 5) is 23.9. The average Bonchev–Trinajstić information content (AvgIpc) is 2.48. The normalized spacial score (nSPS) is 28.3. The van der Waals surface area contributed by atoms with Crippen molar-refractivity contribution in [1.82, 2.24) is 0 Å². The molecule has 2 aliphatic carbocycles. The van der Waals surface area contributed by atoms with Crippen LogP contribution in [0.25, 0.3) is 0 Å². The smallest absolute Gasteiger partial charge is 0.310 e. The number of carbonyl (C=O) groups excluding carboxylic acids is 1. The molecule has 0 aromatic carbocycles. The van der Waals surface area contributed by atoms with Crippen LogP contribution in [0.5, 0.6) is 0 Å². The van der Waals surface area contributed by atoms with Crippen molar-refractivity contribution in [3.8, 4) is 0 Å². The molecule has 2 unspecified atom stereocenters. The van der Waals surface area contributed by atoms with E-state index in [-0.39, 0.29) is 17.5 Å². The molecule has 1 fully saturated rings. The van der Waals surface area contributed by atoms with Gasteiger partial charge in [-0.25, -0.2) is 0 Å². The van der Waals surface area contributed by atoms with Gasteiger partial charge in [0.25, 0.3) is 0 Å². The molecule has 0 saturated heterocycles. The molecule has 0 spiro atoms. The van der Waals surface area contributed by atoms with Crippen LogP contribution in [0.2, 0.25) is 0 Å². The van der Waals surface area contributed by atoms with Gasteiger partial charge in [0.05, 0.1) is 11.8 Å². The Hall–Kier alpha value is -1.32. The molecule has 0 aromatic heterocycles. The molecular weight excluding hydrogens is 268 g/mol. The molecule has 4 nitrogen and oxygen atoms in total. The van der Waals surface area contributed by atoms with Crippen LogP contribution < -0.4 is 0 Å². The molecule has 0 amide bonds. The van der Waals surface area contributed by atoms with Crippen molar-refractivity contribution < 1.29 is 19.4 Å². The van der Waals surface area contributed by atoms with Crippen LogP contribution >= 0.6 is 0 Å². The number of carboxylic acids is 1. The predicted molar refractivity (Wildman–Crippen MR) is 79.7 cm³/mol. The van der Waals surface area contributed by atoms with Crippen molar-refractivity contribution in [2.75, 3.05) is 0 Å². The largest absolute Gasteiger partial charge is 0.481 e. The van der Waals surface area contributed by atoms with Gasteiger partial charge in [-0.2, -0.15) is 0 Å². The second-order valence-corrected chi connectivity index (χ2v) is 6.70. The first-order valence-electron chi connectivity index (χ1n) is 8.07. The number of allylic oxidation sites excluding steroid dienone is 2. The molecule has 0 radical (unpaired) electrons. The molecule has 2 rings (SSSR count). The molecule has 0 aromatic rings. The third kappa shape index (κ3) is 3.47. The third-order valence-corrected chi connectivity index (χ3v) is 5.11. The highest BCUT2D eigenvalue weighted by molar-refractivity contribution is 5.82. The second kappa shape index (κ2) is 6.63. The Morgan fingerprint density at radius 2 is 1.67 bits per heavy atom. The van der Waals surface area contributed by atoms with Gasteiger partial charge < -0.3 is 9.84 Å². The van der Waals surface area contributed by atoms with E-state index >= 15 is 0 Å². The van der Waals surface area contributed by atoms with Gasteiger partial charge in [0.1, 0.15) is 5.60 Å². The first-order valence-corrected chi connectivity index (χ1v) is 8.07. The number of hydrogen-bond donors (Lipinski definition) is 1. The first kappa shape index (κ1) is 16.1. The Morgan fingerprint density at radius 3 is 2.19 bits per heavy atom. The molecule has 1 N–H and O–H groups in total. The Kier molecular flexibility index (Phi) is 5.07. The van der Waals surface area contributed by atoms with Crippen LogP contribution in [-0.2, 0) is 14.3 Å². The van der Waals surface area contributed by atoms with E-state index in [1.165, 1.54) is 6.42 Å². The molecule has 2 atom stereocenters. The fourth-order valence-electron chi connectivity index (χ4n) is 3.57. The Bertz CT molecular complexity index is 419. The number of hydrogen-bond acceptors (Lipinski definition) is 3.